The van der Waals surface area contributed by atoms with E-state index < -0.39 is 33.8 Å². The van der Waals surface area contributed by atoms with Gasteiger partial charge in [-0.2, -0.15) is 13.2 Å². The zero-order valence-electron chi connectivity index (χ0n) is 18.8. The maximum Gasteiger partial charge on any atom is 0.394 e. The highest BCUT2D eigenvalue weighted by molar-refractivity contribution is 9.10. The molecule has 1 amide bonds. The molecule has 0 aliphatic heterocycles. The number of anilines is 1. The number of fused-ring (bicyclic) bond motifs is 1. The van der Waals surface area contributed by atoms with Crippen molar-refractivity contribution in [3.63, 3.8) is 0 Å². The van der Waals surface area contributed by atoms with Gasteiger partial charge in [0.05, 0.1) is 36.5 Å². The van der Waals surface area contributed by atoms with Crippen LogP contribution in [-0.2, 0) is 16.4 Å². The van der Waals surface area contributed by atoms with Crippen molar-refractivity contribution in [2.24, 2.45) is 0 Å². The summed E-state index contributed by atoms with van der Waals surface area (Å²) in [5.74, 6) is 4.75. The molecule has 0 spiro atoms. The maximum absolute atomic E-state index is 13.2. The number of hydrogen-bond donors (Lipinski definition) is 2. The molecule has 3 aromatic rings. The SMILES string of the molecule is COc1nc(C(=O)NS(=O)(=O)C2CC2)ccc1NCC#Cc1cc2c(Br)cccn2c1CC(F)(F)F. The molecule has 8 nitrogen and oxygen atoms in total. The summed E-state index contributed by atoms with van der Waals surface area (Å²) >= 11 is 3.35. The zero-order valence-corrected chi connectivity index (χ0v) is 21.2. The first-order chi connectivity index (χ1) is 17.0. The standard InChI is InChI=1S/C23H20BrF3N4O4S/c1-35-22-18(9-8-17(29-22)21(32)30-36(33,34)15-6-7-15)28-10-2-4-14-12-19-16(24)5-3-11-31(19)20(14)13-23(25,26)27/h3,5,8-9,11-12,15,28H,6-7,10,13H2,1H3,(H,30,32). The third kappa shape index (κ3) is 5.93. The Balaban J connectivity index is 1.50. The van der Waals surface area contributed by atoms with E-state index >= 15 is 0 Å². The first kappa shape index (κ1) is 25.8. The summed E-state index contributed by atoms with van der Waals surface area (Å²) in [7, 11) is -2.40. The first-order valence-corrected chi connectivity index (χ1v) is 13.0. The lowest BCUT2D eigenvalue weighted by molar-refractivity contribution is -0.128. The summed E-state index contributed by atoms with van der Waals surface area (Å²) < 4.78 is 72.8. The van der Waals surface area contributed by atoms with Gasteiger partial charge in [0.1, 0.15) is 5.69 Å². The van der Waals surface area contributed by atoms with Crippen molar-refractivity contribution in [3.05, 3.63) is 58.0 Å². The van der Waals surface area contributed by atoms with Gasteiger partial charge < -0.3 is 14.5 Å². The average Bonchev–Trinajstić information content (AvgIpc) is 3.61. The Morgan fingerprint density at radius 1 is 1.31 bits per heavy atom. The van der Waals surface area contributed by atoms with E-state index in [4.69, 9.17) is 4.74 Å². The number of sulfonamides is 1. The molecule has 0 unspecified atom stereocenters. The summed E-state index contributed by atoms with van der Waals surface area (Å²) in [6.07, 6.45) is -2.97. The lowest BCUT2D eigenvalue weighted by atomic mass is 10.2. The van der Waals surface area contributed by atoms with E-state index in [1.807, 2.05) is 4.72 Å². The van der Waals surface area contributed by atoms with Crippen LogP contribution < -0.4 is 14.8 Å². The minimum Gasteiger partial charge on any atom is -0.480 e. The Morgan fingerprint density at radius 3 is 2.72 bits per heavy atom. The topological polar surface area (TPSA) is 102 Å². The van der Waals surface area contributed by atoms with E-state index in [0.29, 0.717) is 28.5 Å². The fourth-order valence-electron chi connectivity index (χ4n) is 3.48. The van der Waals surface area contributed by atoms with Crippen molar-refractivity contribution < 1.29 is 31.1 Å². The van der Waals surface area contributed by atoms with E-state index in [-0.39, 0.29) is 29.4 Å². The third-order valence-electron chi connectivity index (χ3n) is 5.31. The van der Waals surface area contributed by atoms with Gasteiger partial charge in [-0.3, -0.25) is 4.79 Å². The molecule has 13 heteroatoms. The molecule has 1 aliphatic carbocycles. The van der Waals surface area contributed by atoms with Crippen molar-refractivity contribution in [2.45, 2.75) is 30.7 Å². The Kier molecular flexibility index (Phi) is 7.19. The van der Waals surface area contributed by atoms with Crippen LogP contribution in [0.3, 0.4) is 0 Å². The van der Waals surface area contributed by atoms with Crippen molar-refractivity contribution in [2.75, 3.05) is 19.0 Å². The Hall–Kier alpha value is -3.24. The molecule has 190 valence electrons. The number of ether oxygens (including phenoxy) is 1. The second kappa shape index (κ2) is 10.0. The smallest absolute Gasteiger partial charge is 0.394 e. The molecule has 36 heavy (non-hydrogen) atoms. The number of methoxy groups -OCH3 is 1. The molecule has 0 aromatic carbocycles. The number of aromatic nitrogens is 2. The number of halogens is 4. The molecule has 1 aliphatic rings. The predicted octanol–water partition coefficient (Wildman–Crippen LogP) is 3.90. The molecule has 0 radical (unpaired) electrons. The number of nitrogens with zero attached hydrogens (tertiary/aromatic N) is 2. The molecule has 3 aromatic heterocycles. The second-order valence-electron chi connectivity index (χ2n) is 7.99. The highest BCUT2D eigenvalue weighted by Crippen LogP contribution is 2.29. The number of alkyl halides is 3. The maximum atomic E-state index is 13.2. The van der Waals surface area contributed by atoms with Gasteiger partial charge in [0.15, 0.2) is 0 Å². The second-order valence-corrected chi connectivity index (χ2v) is 10.8. The molecular weight excluding hydrogens is 565 g/mol. The molecule has 1 saturated carbocycles. The number of rotatable bonds is 7. The monoisotopic (exact) mass is 584 g/mol. The van der Waals surface area contributed by atoms with Crippen LogP contribution >= 0.6 is 15.9 Å². The number of hydrogen-bond acceptors (Lipinski definition) is 6. The van der Waals surface area contributed by atoms with Crippen LogP contribution in [0.1, 0.15) is 34.6 Å². The van der Waals surface area contributed by atoms with Crippen LogP contribution in [0.5, 0.6) is 5.88 Å². The van der Waals surface area contributed by atoms with Crippen LogP contribution in [-0.4, -0.2) is 48.8 Å². The summed E-state index contributed by atoms with van der Waals surface area (Å²) in [5, 5.41) is 2.38. The summed E-state index contributed by atoms with van der Waals surface area (Å²) in [5.41, 5.74) is 1.07. The fourth-order valence-corrected chi connectivity index (χ4v) is 5.22. The van der Waals surface area contributed by atoms with Gasteiger partial charge in [0.25, 0.3) is 5.91 Å². The normalized spacial score (nSPS) is 13.7. The largest absolute Gasteiger partial charge is 0.480 e. The fraction of sp³-hybridized carbons (Fsp3) is 0.304. The average molecular weight is 585 g/mol. The minimum absolute atomic E-state index is 0.0297. The summed E-state index contributed by atoms with van der Waals surface area (Å²) in [6, 6.07) is 7.76. The lowest BCUT2D eigenvalue weighted by Crippen LogP contribution is -2.33. The summed E-state index contributed by atoms with van der Waals surface area (Å²) in [4.78, 5) is 16.3. The quantitative estimate of drug-likeness (QED) is 0.408. The summed E-state index contributed by atoms with van der Waals surface area (Å²) in [6.45, 7) is 0.0401. The van der Waals surface area contributed by atoms with E-state index in [9.17, 15) is 26.4 Å². The Labute approximate surface area is 213 Å². The van der Waals surface area contributed by atoms with Gasteiger partial charge in [-0.1, -0.05) is 11.8 Å². The van der Waals surface area contributed by atoms with E-state index in [1.54, 1.807) is 24.4 Å². The predicted molar refractivity (Wildman–Crippen MR) is 130 cm³/mol. The Bertz CT molecular complexity index is 1490. The lowest BCUT2D eigenvalue weighted by Gasteiger charge is -2.10. The number of amides is 1. The first-order valence-electron chi connectivity index (χ1n) is 10.7. The van der Waals surface area contributed by atoms with Crippen molar-refractivity contribution >= 4 is 43.1 Å². The Morgan fingerprint density at radius 2 is 2.06 bits per heavy atom. The van der Waals surface area contributed by atoms with Gasteiger partial charge in [-0.15, -0.1) is 0 Å². The van der Waals surface area contributed by atoms with E-state index in [2.05, 4.69) is 38.1 Å². The molecule has 4 rings (SSSR count). The van der Waals surface area contributed by atoms with E-state index in [0.717, 1.165) is 0 Å². The number of pyridine rings is 2. The molecule has 0 bridgehead atoms. The van der Waals surface area contributed by atoms with Crippen LogP contribution in [0.2, 0.25) is 0 Å². The van der Waals surface area contributed by atoms with E-state index in [1.165, 1.54) is 23.6 Å². The highest BCUT2D eigenvalue weighted by atomic mass is 79.9. The van der Waals surface area contributed by atoms with Crippen LogP contribution in [0.25, 0.3) is 5.52 Å². The third-order valence-corrected chi connectivity index (χ3v) is 7.80. The number of carbonyl (C=O) groups is 1. The molecule has 1 fully saturated rings. The number of carbonyl (C=O) groups excluding carboxylic acids is 1. The van der Waals surface area contributed by atoms with Crippen molar-refractivity contribution in [1.29, 1.82) is 0 Å². The molecule has 2 N–H and O–H groups in total. The van der Waals surface area contributed by atoms with Gasteiger partial charge >= 0.3 is 6.18 Å². The minimum atomic E-state index is -4.41. The van der Waals surface area contributed by atoms with Gasteiger partial charge in [0.2, 0.25) is 15.9 Å². The van der Waals surface area contributed by atoms with Crippen molar-refractivity contribution in [1.82, 2.24) is 14.1 Å². The van der Waals surface area contributed by atoms with Crippen molar-refractivity contribution in [3.8, 4) is 17.7 Å². The van der Waals surface area contributed by atoms with Gasteiger partial charge in [-0.25, -0.2) is 18.1 Å². The van der Waals surface area contributed by atoms with Crippen LogP contribution in [0.15, 0.2) is 41.0 Å². The molecule has 3 heterocycles. The van der Waals surface area contributed by atoms with Gasteiger partial charge in [-0.05, 0) is 59.1 Å². The molecule has 0 saturated heterocycles. The van der Waals surface area contributed by atoms with Crippen LogP contribution in [0, 0.1) is 11.8 Å². The van der Waals surface area contributed by atoms with Crippen LogP contribution in [0.4, 0.5) is 18.9 Å². The highest BCUT2D eigenvalue weighted by Gasteiger charge is 2.37. The number of nitrogens with one attached hydrogen (secondary N) is 2. The van der Waals surface area contributed by atoms with Gasteiger partial charge in [0, 0.05) is 21.9 Å². The molecular formula is C23H20BrF3N4O4S. The zero-order chi connectivity index (χ0) is 26.1. The molecule has 0 atom stereocenters.